The van der Waals surface area contributed by atoms with Gasteiger partial charge in [-0.3, -0.25) is 0 Å². The van der Waals surface area contributed by atoms with Gasteiger partial charge in [0.25, 0.3) is 0 Å². The van der Waals surface area contributed by atoms with Gasteiger partial charge in [-0.2, -0.15) is 0 Å². The first-order valence-electron chi connectivity index (χ1n) is 8.31. The number of alkyl halides is 1. The summed E-state index contributed by atoms with van der Waals surface area (Å²) in [4.78, 5) is 0. The van der Waals surface area contributed by atoms with E-state index in [4.69, 9.17) is 0 Å². The molecule has 0 spiro atoms. The molecule has 0 amide bonds. The molecule has 20 heavy (non-hydrogen) atoms. The van der Waals surface area contributed by atoms with E-state index >= 15 is 0 Å². The molecule has 1 N–H and O–H groups in total. The summed E-state index contributed by atoms with van der Waals surface area (Å²) in [6.45, 7) is 6.71. The van der Waals surface area contributed by atoms with E-state index < -0.39 is 5.67 Å². The Balaban J connectivity index is 1.97. The first-order valence-corrected chi connectivity index (χ1v) is 8.31. The van der Waals surface area contributed by atoms with E-state index in [9.17, 15) is 9.50 Å². The average Bonchev–Trinajstić information content (AvgIpc) is 2.37. The smallest absolute Gasteiger partial charge is 0.112 e. The Bertz CT molecular complexity index is 427. The zero-order valence-corrected chi connectivity index (χ0v) is 13.2. The molecule has 2 fully saturated rings. The second-order valence-electron chi connectivity index (χ2n) is 8.39. The molecule has 3 aliphatic carbocycles. The minimum absolute atomic E-state index is 0.0648. The second-order valence-corrected chi connectivity index (χ2v) is 8.39. The molecule has 0 heterocycles. The predicted molar refractivity (Wildman–Crippen MR) is 80.2 cm³/mol. The van der Waals surface area contributed by atoms with E-state index in [-0.39, 0.29) is 10.8 Å². The average molecular weight is 280 g/mol. The van der Waals surface area contributed by atoms with E-state index in [0.29, 0.717) is 31.3 Å². The highest BCUT2D eigenvalue weighted by atomic mass is 19.1. The van der Waals surface area contributed by atoms with Crippen LogP contribution in [-0.4, -0.2) is 17.4 Å². The first-order chi connectivity index (χ1) is 9.31. The molecule has 0 aromatic carbocycles. The van der Waals surface area contributed by atoms with E-state index in [1.54, 1.807) is 6.92 Å². The van der Waals surface area contributed by atoms with Crippen molar-refractivity contribution in [3.63, 3.8) is 0 Å². The molecule has 2 heteroatoms. The SMILES string of the molecule is C[C@]1(F)CC=C2C(CCC3[C@](C)(CO)CCC[C@@]23C)C1. The van der Waals surface area contributed by atoms with E-state index in [1.165, 1.54) is 18.4 Å². The van der Waals surface area contributed by atoms with Crippen molar-refractivity contribution in [1.82, 2.24) is 0 Å². The fourth-order valence-corrected chi connectivity index (χ4v) is 5.70. The van der Waals surface area contributed by atoms with Gasteiger partial charge in [0, 0.05) is 6.61 Å². The Morgan fingerprint density at radius 3 is 2.70 bits per heavy atom. The Hall–Kier alpha value is -0.370. The molecule has 0 bridgehead atoms. The third-order valence-electron chi connectivity index (χ3n) is 6.74. The van der Waals surface area contributed by atoms with E-state index in [1.807, 2.05) is 0 Å². The number of hydrogen-bond acceptors (Lipinski definition) is 1. The summed E-state index contributed by atoms with van der Waals surface area (Å²) in [7, 11) is 0. The summed E-state index contributed by atoms with van der Waals surface area (Å²) in [5, 5.41) is 9.90. The van der Waals surface area contributed by atoms with E-state index in [2.05, 4.69) is 19.9 Å². The lowest BCUT2D eigenvalue weighted by molar-refractivity contribution is -0.0582. The number of rotatable bonds is 1. The van der Waals surface area contributed by atoms with Crippen molar-refractivity contribution < 1.29 is 9.50 Å². The van der Waals surface area contributed by atoms with Gasteiger partial charge in [-0.1, -0.05) is 31.9 Å². The van der Waals surface area contributed by atoms with Crippen LogP contribution in [0.1, 0.15) is 65.7 Å². The summed E-state index contributed by atoms with van der Waals surface area (Å²) in [6.07, 6.45) is 9.34. The summed E-state index contributed by atoms with van der Waals surface area (Å²) in [5.41, 5.74) is 0.791. The van der Waals surface area contributed by atoms with Gasteiger partial charge in [0.15, 0.2) is 0 Å². The van der Waals surface area contributed by atoms with Gasteiger partial charge in [-0.15, -0.1) is 0 Å². The first kappa shape index (κ1) is 14.6. The van der Waals surface area contributed by atoms with Crippen molar-refractivity contribution in [2.75, 3.05) is 6.61 Å². The number of fused-ring (bicyclic) bond motifs is 3. The van der Waals surface area contributed by atoms with Crippen molar-refractivity contribution in [3.8, 4) is 0 Å². The molecule has 3 aliphatic rings. The lowest BCUT2D eigenvalue weighted by Crippen LogP contribution is -2.51. The zero-order valence-electron chi connectivity index (χ0n) is 13.2. The van der Waals surface area contributed by atoms with Crippen molar-refractivity contribution in [3.05, 3.63) is 11.6 Å². The summed E-state index contributed by atoms with van der Waals surface area (Å²) in [6, 6.07) is 0. The lowest BCUT2D eigenvalue weighted by Gasteiger charge is -2.58. The third kappa shape index (κ3) is 2.06. The fourth-order valence-electron chi connectivity index (χ4n) is 5.70. The minimum Gasteiger partial charge on any atom is -0.396 e. The van der Waals surface area contributed by atoms with Crippen LogP contribution in [0.15, 0.2) is 11.6 Å². The molecular formula is C18H29FO. The Morgan fingerprint density at radius 1 is 1.25 bits per heavy atom. The summed E-state index contributed by atoms with van der Waals surface area (Å²) >= 11 is 0. The van der Waals surface area contributed by atoms with Crippen LogP contribution in [0, 0.1) is 22.7 Å². The summed E-state index contributed by atoms with van der Waals surface area (Å²) in [5.74, 6) is 1.02. The third-order valence-corrected chi connectivity index (χ3v) is 6.74. The molecule has 0 aromatic rings. The van der Waals surface area contributed by atoms with Gasteiger partial charge in [-0.05, 0) is 68.1 Å². The predicted octanol–water partition coefficient (Wildman–Crippen LogP) is 4.65. The van der Waals surface area contributed by atoms with Crippen LogP contribution in [0.25, 0.3) is 0 Å². The monoisotopic (exact) mass is 280 g/mol. The van der Waals surface area contributed by atoms with Crippen LogP contribution in [-0.2, 0) is 0 Å². The Kier molecular flexibility index (Phi) is 3.32. The van der Waals surface area contributed by atoms with Crippen LogP contribution in [0.3, 0.4) is 0 Å². The van der Waals surface area contributed by atoms with Gasteiger partial charge in [-0.25, -0.2) is 4.39 Å². The van der Waals surface area contributed by atoms with Gasteiger partial charge in [0.05, 0.1) is 0 Å². The maximum absolute atomic E-state index is 14.3. The Labute approximate surface area is 122 Å². The largest absolute Gasteiger partial charge is 0.396 e. The van der Waals surface area contributed by atoms with Crippen LogP contribution in [0.5, 0.6) is 0 Å². The Morgan fingerprint density at radius 2 is 2.00 bits per heavy atom. The van der Waals surface area contributed by atoms with Crippen LogP contribution >= 0.6 is 0 Å². The molecule has 2 unspecified atom stereocenters. The summed E-state index contributed by atoms with van der Waals surface area (Å²) < 4.78 is 14.3. The van der Waals surface area contributed by atoms with Gasteiger partial charge in [0.2, 0.25) is 0 Å². The molecule has 0 saturated heterocycles. The maximum Gasteiger partial charge on any atom is 0.112 e. The van der Waals surface area contributed by atoms with E-state index in [0.717, 1.165) is 19.3 Å². The van der Waals surface area contributed by atoms with Crippen molar-refractivity contribution in [1.29, 1.82) is 0 Å². The molecular weight excluding hydrogens is 251 g/mol. The molecule has 114 valence electrons. The number of halogens is 1. The number of allylic oxidation sites excluding steroid dienone is 2. The molecule has 0 aromatic heterocycles. The lowest BCUT2D eigenvalue weighted by atomic mass is 9.47. The number of hydrogen-bond donors (Lipinski definition) is 1. The minimum atomic E-state index is -1.01. The van der Waals surface area contributed by atoms with Gasteiger partial charge < -0.3 is 5.11 Å². The number of aliphatic hydroxyl groups is 1. The number of aliphatic hydroxyl groups excluding tert-OH is 1. The zero-order chi connectivity index (χ0) is 14.6. The van der Waals surface area contributed by atoms with Crippen molar-refractivity contribution >= 4 is 0 Å². The molecule has 2 saturated carbocycles. The van der Waals surface area contributed by atoms with Crippen LogP contribution < -0.4 is 0 Å². The molecule has 5 atom stereocenters. The van der Waals surface area contributed by atoms with Gasteiger partial charge >= 0.3 is 0 Å². The fraction of sp³-hybridized carbons (Fsp3) is 0.889. The van der Waals surface area contributed by atoms with Crippen LogP contribution in [0.4, 0.5) is 4.39 Å². The quantitative estimate of drug-likeness (QED) is 0.693. The van der Waals surface area contributed by atoms with Crippen molar-refractivity contribution in [2.45, 2.75) is 71.4 Å². The molecule has 0 radical (unpaired) electrons. The highest BCUT2D eigenvalue weighted by Crippen LogP contribution is 2.63. The highest BCUT2D eigenvalue weighted by molar-refractivity contribution is 5.27. The highest BCUT2D eigenvalue weighted by Gasteiger charge is 2.54. The standard InChI is InChI=1S/C18H29FO/c1-16(12-20)8-4-9-18(3)14-7-10-17(2,19)11-13(14)5-6-15(16)18/h7,13,15,20H,4-6,8-12H2,1-3H3/t13?,15?,16-,17-,18-/m0/s1. The van der Waals surface area contributed by atoms with Gasteiger partial charge in [0.1, 0.15) is 5.67 Å². The van der Waals surface area contributed by atoms with Crippen molar-refractivity contribution in [2.24, 2.45) is 22.7 Å². The maximum atomic E-state index is 14.3. The molecule has 1 nitrogen and oxygen atoms in total. The second kappa shape index (κ2) is 4.56. The topological polar surface area (TPSA) is 20.2 Å². The molecule has 3 rings (SSSR count). The normalized spacial score (nSPS) is 52.0. The molecule has 0 aliphatic heterocycles. The van der Waals surface area contributed by atoms with Crippen LogP contribution in [0.2, 0.25) is 0 Å².